The number of hydrogen-bond donors (Lipinski definition) is 1. The number of amides is 1. The summed E-state index contributed by atoms with van der Waals surface area (Å²) < 4.78 is 0. The maximum atomic E-state index is 12.8. The molecule has 3 nitrogen and oxygen atoms in total. The van der Waals surface area contributed by atoms with Crippen molar-refractivity contribution in [1.82, 2.24) is 10.2 Å². The second-order valence-corrected chi connectivity index (χ2v) is 6.27. The predicted octanol–water partition coefficient (Wildman–Crippen LogP) is 3.00. The van der Waals surface area contributed by atoms with Crippen molar-refractivity contribution >= 4 is 17.5 Å². The van der Waals surface area contributed by atoms with E-state index in [0.717, 1.165) is 42.9 Å². The first kappa shape index (κ1) is 13.9. The molecule has 4 heteroatoms. The molecule has 0 aromatic heterocycles. The average molecular weight is 293 g/mol. The number of hydrogen-bond acceptors (Lipinski definition) is 2. The van der Waals surface area contributed by atoms with E-state index in [1.54, 1.807) is 0 Å². The number of benzene rings is 1. The molecule has 3 rings (SSSR count). The van der Waals surface area contributed by atoms with Crippen LogP contribution in [0.3, 0.4) is 0 Å². The molecule has 1 aliphatic carbocycles. The lowest BCUT2D eigenvalue weighted by Gasteiger charge is -2.32. The standard InChI is InChI=1S/C16H21ClN2O/c1-11(14-4-2-3-5-15(14)17)19(13-6-7-13)16(20)12-8-9-18-10-12/h2-5,11-13,18H,6-10H2,1H3/t11-,12-/m1/s1. The summed E-state index contributed by atoms with van der Waals surface area (Å²) in [6.07, 6.45) is 3.21. The monoisotopic (exact) mass is 292 g/mol. The van der Waals surface area contributed by atoms with Crippen LogP contribution in [0.15, 0.2) is 24.3 Å². The van der Waals surface area contributed by atoms with Crippen LogP contribution in [0.2, 0.25) is 5.02 Å². The zero-order valence-corrected chi connectivity index (χ0v) is 12.6. The Morgan fingerprint density at radius 3 is 2.70 bits per heavy atom. The van der Waals surface area contributed by atoms with Gasteiger partial charge in [0.25, 0.3) is 0 Å². The second-order valence-electron chi connectivity index (χ2n) is 5.86. The van der Waals surface area contributed by atoms with Crippen LogP contribution in [0.25, 0.3) is 0 Å². The van der Waals surface area contributed by atoms with Crippen LogP contribution in [0.1, 0.15) is 37.8 Å². The van der Waals surface area contributed by atoms with Gasteiger partial charge in [-0.1, -0.05) is 29.8 Å². The van der Waals surface area contributed by atoms with Gasteiger partial charge < -0.3 is 10.2 Å². The SMILES string of the molecule is C[C@H](c1ccccc1Cl)N(C(=O)[C@@H]1CCNC1)C1CC1. The highest BCUT2D eigenvalue weighted by Crippen LogP contribution is 2.38. The van der Waals surface area contributed by atoms with Gasteiger partial charge in [0, 0.05) is 17.6 Å². The quantitative estimate of drug-likeness (QED) is 0.925. The third-order valence-electron chi connectivity index (χ3n) is 4.38. The van der Waals surface area contributed by atoms with Gasteiger partial charge in [0.1, 0.15) is 0 Å². The number of halogens is 1. The highest BCUT2D eigenvalue weighted by atomic mass is 35.5. The largest absolute Gasteiger partial charge is 0.333 e. The van der Waals surface area contributed by atoms with Crippen LogP contribution >= 0.6 is 11.6 Å². The van der Waals surface area contributed by atoms with Crippen molar-refractivity contribution in [2.45, 2.75) is 38.3 Å². The number of rotatable bonds is 4. The minimum absolute atomic E-state index is 0.0595. The molecule has 0 spiro atoms. The molecular weight excluding hydrogens is 272 g/mol. The van der Waals surface area contributed by atoms with E-state index in [0.29, 0.717) is 11.9 Å². The molecule has 1 saturated heterocycles. The Balaban J connectivity index is 1.83. The van der Waals surface area contributed by atoms with E-state index in [1.165, 1.54) is 0 Å². The van der Waals surface area contributed by atoms with Crippen LogP contribution in [0.4, 0.5) is 0 Å². The van der Waals surface area contributed by atoms with Gasteiger partial charge in [-0.05, 0) is 44.4 Å². The van der Waals surface area contributed by atoms with Gasteiger partial charge in [-0.3, -0.25) is 4.79 Å². The van der Waals surface area contributed by atoms with Crippen molar-refractivity contribution in [1.29, 1.82) is 0 Å². The summed E-state index contributed by atoms with van der Waals surface area (Å²) in [5, 5.41) is 4.04. The maximum Gasteiger partial charge on any atom is 0.227 e. The zero-order valence-electron chi connectivity index (χ0n) is 11.8. The molecule has 1 heterocycles. The Morgan fingerprint density at radius 2 is 2.10 bits per heavy atom. The summed E-state index contributed by atoms with van der Waals surface area (Å²) >= 11 is 6.30. The van der Waals surface area contributed by atoms with Gasteiger partial charge in [0.15, 0.2) is 0 Å². The Kier molecular flexibility index (Phi) is 3.99. The van der Waals surface area contributed by atoms with E-state index in [9.17, 15) is 4.79 Å². The summed E-state index contributed by atoms with van der Waals surface area (Å²) in [4.78, 5) is 14.9. The molecule has 1 aromatic rings. The second kappa shape index (κ2) is 5.74. The van der Waals surface area contributed by atoms with Crippen molar-refractivity contribution in [3.63, 3.8) is 0 Å². The predicted molar refractivity (Wildman–Crippen MR) is 80.7 cm³/mol. The minimum Gasteiger partial charge on any atom is -0.333 e. The first-order valence-electron chi connectivity index (χ1n) is 7.46. The van der Waals surface area contributed by atoms with E-state index in [2.05, 4.69) is 17.1 Å². The van der Waals surface area contributed by atoms with Crippen LogP contribution in [-0.4, -0.2) is 29.9 Å². The van der Waals surface area contributed by atoms with Crippen molar-refractivity contribution in [3.8, 4) is 0 Å². The highest BCUT2D eigenvalue weighted by molar-refractivity contribution is 6.31. The summed E-state index contributed by atoms with van der Waals surface area (Å²) in [7, 11) is 0. The highest BCUT2D eigenvalue weighted by Gasteiger charge is 2.39. The zero-order chi connectivity index (χ0) is 14.1. The number of carbonyl (C=O) groups is 1. The molecule has 1 N–H and O–H groups in total. The first-order valence-corrected chi connectivity index (χ1v) is 7.83. The normalized spacial score (nSPS) is 23.6. The molecular formula is C16H21ClN2O. The Bertz CT molecular complexity index is 495. The molecule has 1 aliphatic heterocycles. The van der Waals surface area contributed by atoms with E-state index in [-0.39, 0.29) is 12.0 Å². The number of carbonyl (C=O) groups excluding carboxylic acids is 1. The summed E-state index contributed by atoms with van der Waals surface area (Å²) in [6.45, 7) is 3.87. The summed E-state index contributed by atoms with van der Waals surface area (Å²) in [6, 6.07) is 8.33. The third-order valence-corrected chi connectivity index (χ3v) is 4.72. The topological polar surface area (TPSA) is 32.3 Å². The van der Waals surface area contributed by atoms with Crippen LogP contribution in [-0.2, 0) is 4.79 Å². The Morgan fingerprint density at radius 1 is 1.35 bits per heavy atom. The molecule has 108 valence electrons. The van der Waals surface area contributed by atoms with Gasteiger partial charge in [0.2, 0.25) is 5.91 Å². The lowest BCUT2D eigenvalue weighted by Crippen LogP contribution is -2.40. The fraction of sp³-hybridized carbons (Fsp3) is 0.562. The van der Waals surface area contributed by atoms with Gasteiger partial charge in [-0.15, -0.1) is 0 Å². The van der Waals surface area contributed by atoms with Gasteiger partial charge in [-0.25, -0.2) is 0 Å². The van der Waals surface area contributed by atoms with Gasteiger partial charge >= 0.3 is 0 Å². The molecule has 1 saturated carbocycles. The molecule has 0 bridgehead atoms. The van der Waals surface area contributed by atoms with Crippen LogP contribution in [0, 0.1) is 5.92 Å². The van der Waals surface area contributed by atoms with Crippen LogP contribution < -0.4 is 5.32 Å². The fourth-order valence-electron chi connectivity index (χ4n) is 3.08. The Hall–Kier alpha value is -1.06. The van der Waals surface area contributed by atoms with Crippen molar-refractivity contribution in [2.75, 3.05) is 13.1 Å². The molecule has 1 amide bonds. The Labute approximate surface area is 125 Å². The van der Waals surface area contributed by atoms with Gasteiger partial charge in [-0.2, -0.15) is 0 Å². The molecule has 0 radical (unpaired) electrons. The average Bonchev–Trinajstić information content (AvgIpc) is 3.12. The molecule has 2 fully saturated rings. The number of nitrogens with one attached hydrogen (secondary N) is 1. The number of nitrogens with zero attached hydrogens (tertiary/aromatic N) is 1. The summed E-state index contributed by atoms with van der Waals surface area (Å²) in [5.74, 6) is 0.436. The van der Waals surface area contributed by atoms with E-state index in [1.807, 2.05) is 24.3 Å². The van der Waals surface area contributed by atoms with E-state index in [4.69, 9.17) is 11.6 Å². The fourth-order valence-corrected chi connectivity index (χ4v) is 3.37. The van der Waals surface area contributed by atoms with Crippen molar-refractivity contribution in [2.24, 2.45) is 5.92 Å². The van der Waals surface area contributed by atoms with E-state index < -0.39 is 0 Å². The maximum absolute atomic E-state index is 12.8. The lowest BCUT2D eigenvalue weighted by atomic mass is 10.0. The van der Waals surface area contributed by atoms with Crippen LogP contribution in [0.5, 0.6) is 0 Å². The third kappa shape index (κ3) is 2.70. The molecule has 2 atom stereocenters. The summed E-state index contributed by atoms with van der Waals surface area (Å²) in [5.41, 5.74) is 1.06. The molecule has 20 heavy (non-hydrogen) atoms. The lowest BCUT2D eigenvalue weighted by molar-refractivity contribution is -0.137. The molecule has 1 aromatic carbocycles. The smallest absolute Gasteiger partial charge is 0.227 e. The van der Waals surface area contributed by atoms with E-state index >= 15 is 0 Å². The van der Waals surface area contributed by atoms with Crippen molar-refractivity contribution < 1.29 is 4.79 Å². The van der Waals surface area contributed by atoms with Crippen molar-refractivity contribution in [3.05, 3.63) is 34.9 Å². The molecule has 2 aliphatic rings. The van der Waals surface area contributed by atoms with Gasteiger partial charge in [0.05, 0.1) is 12.0 Å². The molecule has 0 unspecified atom stereocenters. The minimum atomic E-state index is 0.0595. The first-order chi connectivity index (χ1) is 9.68.